The molecule has 3 heteroatoms. The predicted molar refractivity (Wildman–Crippen MR) is 79.0 cm³/mol. The van der Waals surface area contributed by atoms with Crippen LogP contribution >= 0.6 is 0 Å². The molecule has 20 heavy (non-hydrogen) atoms. The summed E-state index contributed by atoms with van der Waals surface area (Å²) in [5.41, 5.74) is 1.08. The molecule has 1 atom stereocenters. The van der Waals surface area contributed by atoms with E-state index in [0.717, 1.165) is 30.6 Å². The molecule has 1 aliphatic carbocycles. The molecule has 106 valence electrons. The van der Waals surface area contributed by atoms with E-state index in [4.69, 9.17) is 9.47 Å². The van der Waals surface area contributed by atoms with Gasteiger partial charge in [0.25, 0.3) is 0 Å². The van der Waals surface area contributed by atoms with E-state index in [9.17, 15) is 4.79 Å². The van der Waals surface area contributed by atoms with Gasteiger partial charge < -0.3 is 9.47 Å². The van der Waals surface area contributed by atoms with Crippen LogP contribution in [0.2, 0.25) is 0 Å². The van der Waals surface area contributed by atoms with Gasteiger partial charge in [-0.05, 0) is 37.0 Å². The predicted octanol–water partition coefficient (Wildman–Crippen LogP) is 4.56. The van der Waals surface area contributed by atoms with Crippen LogP contribution in [0, 0.1) is 5.92 Å². The van der Waals surface area contributed by atoms with Crippen LogP contribution in [-0.2, 0) is 9.47 Å². The van der Waals surface area contributed by atoms with Gasteiger partial charge >= 0.3 is 6.16 Å². The molecule has 3 nitrogen and oxygen atoms in total. The van der Waals surface area contributed by atoms with E-state index in [1.807, 2.05) is 42.5 Å². The summed E-state index contributed by atoms with van der Waals surface area (Å²) in [7, 11) is 0. The third-order valence-electron chi connectivity index (χ3n) is 3.28. The van der Waals surface area contributed by atoms with Gasteiger partial charge in [0.1, 0.15) is 12.4 Å². The van der Waals surface area contributed by atoms with Crippen molar-refractivity contribution < 1.29 is 14.3 Å². The second-order valence-electron chi connectivity index (χ2n) is 4.91. The maximum absolute atomic E-state index is 11.5. The van der Waals surface area contributed by atoms with Crippen molar-refractivity contribution in [3.05, 3.63) is 53.8 Å². The maximum atomic E-state index is 11.5. The van der Waals surface area contributed by atoms with Crippen LogP contribution in [0.3, 0.4) is 0 Å². The lowest BCUT2D eigenvalue weighted by atomic mass is 9.96. The van der Waals surface area contributed by atoms with Crippen molar-refractivity contribution in [2.24, 2.45) is 5.92 Å². The van der Waals surface area contributed by atoms with Crippen molar-refractivity contribution >= 4 is 12.2 Å². The zero-order chi connectivity index (χ0) is 14.2. The first kappa shape index (κ1) is 14.4. The Morgan fingerprint density at radius 3 is 2.90 bits per heavy atom. The summed E-state index contributed by atoms with van der Waals surface area (Å²) in [5.74, 6) is 1.05. The molecule has 0 aromatic heterocycles. The molecule has 0 radical (unpaired) electrons. The Kier molecular flexibility index (Phi) is 5.42. The standard InChI is InChI=1S/C17H20O3/c1-14-8-5-6-12-16(14)20-17(18)19-13-7-11-15-9-3-2-4-10-15/h2-4,7,9-12,14H,5-6,8,13H2,1H3/b11-7+. The number of hydrogen-bond acceptors (Lipinski definition) is 3. The van der Waals surface area contributed by atoms with Crippen molar-refractivity contribution in [2.75, 3.05) is 6.61 Å². The molecular formula is C17H20O3. The molecule has 1 aromatic rings. The fourth-order valence-electron chi connectivity index (χ4n) is 2.14. The molecule has 0 spiro atoms. The molecular weight excluding hydrogens is 252 g/mol. The fraction of sp³-hybridized carbons (Fsp3) is 0.353. The van der Waals surface area contributed by atoms with Crippen molar-refractivity contribution in [3.63, 3.8) is 0 Å². The van der Waals surface area contributed by atoms with Gasteiger partial charge in [-0.15, -0.1) is 0 Å². The average Bonchev–Trinajstić information content (AvgIpc) is 2.47. The number of ether oxygens (including phenoxy) is 2. The topological polar surface area (TPSA) is 35.5 Å². The summed E-state index contributed by atoms with van der Waals surface area (Å²) in [6.45, 7) is 2.28. The van der Waals surface area contributed by atoms with Crippen LogP contribution in [0.1, 0.15) is 31.7 Å². The molecule has 0 saturated heterocycles. The second kappa shape index (κ2) is 7.53. The molecule has 0 N–H and O–H groups in total. The number of carbonyl (C=O) groups is 1. The van der Waals surface area contributed by atoms with E-state index in [-0.39, 0.29) is 6.61 Å². The Labute approximate surface area is 119 Å². The summed E-state index contributed by atoms with van der Waals surface area (Å²) in [6.07, 6.45) is 8.26. The minimum absolute atomic E-state index is 0.218. The first-order chi connectivity index (χ1) is 9.75. The van der Waals surface area contributed by atoms with Crippen LogP contribution in [0.15, 0.2) is 48.2 Å². The van der Waals surface area contributed by atoms with E-state index in [0.29, 0.717) is 5.92 Å². The van der Waals surface area contributed by atoms with Gasteiger partial charge in [-0.25, -0.2) is 4.79 Å². The minimum Gasteiger partial charge on any atom is -0.430 e. The molecule has 1 aliphatic rings. The molecule has 0 fully saturated rings. The molecule has 0 amide bonds. The van der Waals surface area contributed by atoms with Crippen LogP contribution in [0.4, 0.5) is 4.79 Å². The van der Waals surface area contributed by atoms with Crippen molar-refractivity contribution in [1.82, 2.24) is 0 Å². The molecule has 2 rings (SSSR count). The summed E-state index contributed by atoms with van der Waals surface area (Å²) < 4.78 is 10.2. The zero-order valence-corrected chi connectivity index (χ0v) is 11.7. The molecule has 1 unspecified atom stereocenters. The van der Waals surface area contributed by atoms with Gasteiger partial charge in [0.05, 0.1) is 0 Å². The minimum atomic E-state index is -0.622. The van der Waals surface area contributed by atoms with Crippen LogP contribution in [0.5, 0.6) is 0 Å². The van der Waals surface area contributed by atoms with E-state index in [2.05, 4.69) is 6.92 Å². The quantitative estimate of drug-likeness (QED) is 0.754. The van der Waals surface area contributed by atoms with Gasteiger partial charge in [-0.3, -0.25) is 0 Å². The lowest BCUT2D eigenvalue weighted by molar-refractivity contribution is 0.0775. The average molecular weight is 272 g/mol. The Morgan fingerprint density at radius 2 is 2.15 bits per heavy atom. The first-order valence-electron chi connectivity index (χ1n) is 7.02. The van der Waals surface area contributed by atoms with Gasteiger partial charge in [0, 0.05) is 5.92 Å². The molecule has 0 aliphatic heterocycles. The number of hydrogen-bond donors (Lipinski definition) is 0. The van der Waals surface area contributed by atoms with Crippen LogP contribution < -0.4 is 0 Å². The molecule has 0 bridgehead atoms. The SMILES string of the molecule is CC1CCCC=C1OC(=O)OC/C=C/c1ccccc1. The number of allylic oxidation sites excluding steroid dienone is 2. The monoisotopic (exact) mass is 272 g/mol. The van der Waals surface area contributed by atoms with Crippen molar-refractivity contribution in [3.8, 4) is 0 Å². The normalized spacial score (nSPS) is 18.6. The van der Waals surface area contributed by atoms with E-state index < -0.39 is 6.16 Å². The highest BCUT2D eigenvalue weighted by atomic mass is 16.7. The summed E-state index contributed by atoms with van der Waals surface area (Å²) in [6, 6.07) is 9.87. The van der Waals surface area contributed by atoms with Crippen molar-refractivity contribution in [2.45, 2.75) is 26.2 Å². The van der Waals surface area contributed by atoms with Gasteiger partial charge in [-0.2, -0.15) is 0 Å². The highest BCUT2D eigenvalue weighted by Crippen LogP contribution is 2.25. The Morgan fingerprint density at radius 1 is 1.35 bits per heavy atom. The van der Waals surface area contributed by atoms with Crippen LogP contribution in [0.25, 0.3) is 6.08 Å². The van der Waals surface area contributed by atoms with Crippen molar-refractivity contribution in [1.29, 1.82) is 0 Å². The fourth-order valence-corrected chi connectivity index (χ4v) is 2.14. The first-order valence-corrected chi connectivity index (χ1v) is 7.02. The maximum Gasteiger partial charge on any atom is 0.513 e. The Balaban J connectivity index is 1.73. The number of rotatable bonds is 4. The zero-order valence-electron chi connectivity index (χ0n) is 11.7. The lowest BCUT2D eigenvalue weighted by Gasteiger charge is -2.19. The Bertz CT molecular complexity index is 488. The van der Waals surface area contributed by atoms with E-state index in [1.54, 1.807) is 6.08 Å². The molecule has 0 saturated carbocycles. The number of carbonyl (C=O) groups excluding carboxylic acids is 1. The third kappa shape index (κ3) is 4.57. The molecule has 0 heterocycles. The highest BCUT2D eigenvalue weighted by molar-refractivity contribution is 5.62. The summed E-state index contributed by atoms with van der Waals surface area (Å²) in [5, 5.41) is 0. The second-order valence-corrected chi connectivity index (χ2v) is 4.91. The highest BCUT2D eigenvalue weighted by Gasteiger charge is 2.17. The van der Waals surface area contributed by atoms with Crippen LogP contribution in [-0.4, -0.2) is 12.8 Å². The van der Waals surface area contributed by atoms with Gasteiger partial charge in [0.2, 0.25) is 0 Å². The van der Waals surface area contributed by atoms with Gasteiger partial charge in [0.15, 0.2) is 0 Å². The largest absolute Gasteiger partial charge is 0.513 e. The molecule has 1 aromatic carbocycles. The summed E-state index contributed by atoms with van der Waals surface area (Å²) >= 11 is 0. The smallest absolute Gasteiger partial charge is 0.430 e. The Hall–Kier alpha value is -2.03. The summed E-state index contributed by atoms with van der Waals surface area (Å²) in [4.78, 5) is 11.5. The van der Waals surface area contributed by atoms with Gasteiger partial charge in [-0.1, -0.05) is 43.3 Å². The number of benzene rings is 1. The van der Waals surface area contributed by atoms with E-state index in [1.165, 1.54) is 0 Å². The lowest BCUT2D eigenvalue weighted by Crippen LogP contribution is -2.14. The third-order valence-corrected chi connectivity index (χ3v) is 3.28. The van der Waals surface area contributed by atoms with E-state index >= 15 is 0 Å².